The van der Waals surface area contributed by atoms with Crippen LogP contribution in [0.25, 0.3) is 27.6 Å². The molecule has 0 fully saturated rings. The Balaban J connectivity index is 1.02. The Kier molecular flexibility index (Phi) is 12.5. The molecule has 0 saturated carbocycles. The number of fused-ring (bicyclic) bond motifs is 4. The Morgan fingerprint density at radius 1 is 0.359 bits per heavy atom. The molecule has 0 bridgehead atoms. The zero-order valence-corrected chi connectivity index (χ0v) is 46.5. The van der Waals surface area contributed by atoms with Crippen molar-refractivity contribution in [2.45, 2.75) is 84.0 Å². The number of nitrogens with zero attached hydrogens (tertiary/aromatic N) is 5. The summed E-state index contributed by atoms with van der Waals surface area (Å²) in [7, 11) is 0. The van der Waals surface area contributed by atoms with Crippen LogP contribution in [0.5, 0.6) is 0 Å². The number of rotatable bonds is 11. The number of aromatic nitrogens is 2. The molecule has 1 aliphatic heterocycles. The largest absolute Gasteiger partial charge is 0.321 e. The molecule has 1 aliphatic rings. The minimum Gasteiger partial charge on any atom is -0.321 e. The average molecular weight is 1020 g/mol. The van der Waals surface area contributed by atoms with E-state index in [4.69, 9.17) is 4.98 Å². The van der Waals surface area contributed by atoms with Gasteiger partial charge in [-0.2, -0.15) is 0 Å². The van der Waals surface area contributed by atoms with Gasteiger partial charge in [-0.3, -0.25) is 4.57 Å². The van der Waals surface area contributed by atoms with Crippen molar-refractivity contribution >= 4 is 61.6 Å². The van der Waals surface area contributed by atoms with Gasteiger partial charge in [0.2, 0.25) is 0 Å². The number of para-hydroxylation sites is 3. The molecule has 12 rings (SSSR count). The summed E-state index contributed by atoms with van der Waals surface area (Å²) in [6.45, 7) is 21.6. The molecule has 0 amide bonds. The van der Waals surface area contributed by atoms with Crippen LogP contribution in [0.15, 0.2) is 243 Å². The molecule has 0 spiro atoms. The van der Waals surface area contributed by atoms with Gasteiger partial charge >= 0.3 is 0 Å². The van der Waals surface area contributed by atoms with E-state index >= 15 is 0 Å². The lowest BCUT2D eigenvalue weighted by atomic mass is 9.71. The highest BCUT2D eigenvalue weighted by atomic mass is 15.4. The fourth-order valence-corrected chi connectivity index (χ4v) is 11.8. The summed E-state index contributed by atoms with van der Waals surface area (Å²) in [5, 5.41) is 2.36. The molecular weight excluding hydrogens is 947 g/mol. The summed E-state index contributed by atoms with van der Waals surface area (Å²) in [4.78, 5) is 12.6. The summed E-state index contributed by atoms with van der Waals surface area (Å²) in [5.41, 5.74) is 18.2. The molecule has 5 heteroatoms. The molecule has 386 valence electrons. The molecule has 0 unspecified atom stereocenters. The highest BCUT2D eigenvalue weighted by molar-refractivity contribution is 6.10. The Morgan fingerprint density at radius 3 is 1.50 bits per heavy atom. The maximum Gasteiger partial charge on any atom is 0.137 e. The minimum absolute atomic E-state index is 0.00351. The summed E-state index contributed by atoms with van der Waals surface area (Å²) in [5.74, 6) is 0.867. The van der Waals surface area contributed by atoms with Crippen molar-refractivity contribution < 1.29 is 0 Å². The number of benzene rings is 9. The normalized spacial score (nSPS) is 13.1. The third-order valence-corrected chi connectivity index (χ3v) is 16.6. The van der Waals surface area contributed by atoms with Gasteiger partial charge in [-0.15, -0.1) is 0 Å². The van der Waals surface area contributed by atoms with Gasteiger partial charge in [0.15, 0.2) is 0 Å². The van der Waals surface area contributed by atoms with Crippen LogP contribution >= 0.6 is 0 Å². The summed E-state index contributed by atoms with van der Waals surface area (Å²) < 4.78 is 2.39. The van der Waals surface area contributed by atoms with E-state index in [0.717, 1.165) is 39.6 Å². The second-order valence-electron chi connectivity index (χ2n) is 24.0. The maximum atomic E-state index is 5.27. The van der Waals surface area contributed by atoms with Gasteiger partial charge in [0.05, 0.1) is 22.4 Å². The first-order chi connectivity index (χ1) is 37.6. The van der Waals surface area contributed by atoms with E-state index in [1.54, 1.807) is 0 Å². The number of pyridine rings is 1. The van der Waals surface area contributed by atoms with Gasteiger partial charge in [-0.05, 0) is 148 Å². The first-order valence-corrected chi connectivity index (χ1v) is 27.5. The lowest BCUT2D eigenvalue weighted by Crippen LogP contribution is -2.25. The molecule has 78 heavy (non-hydrogen) atoms. The predicted octanol–water partition coefficient (Wildman–Crippen LogP) is 19.2. The molecule has 9 aromatic carbocycles. The fraction of sp³-hybridized carbons (Fsp3) is 0.192. The van der Waals surface area contributed by atoms with Crippen LogP contribution in [0.1, 0.15) is 101 Å². The van der Waals surface area contributed by atoms with Crippen molar-refractivity contribution in [3.63, 3.8) is 0 Å². The first-order valence-electron chi connectivity index (χ1n) is 27.5. The molecule has 11 aromatic rings. The average Bonchev–Trinajstić information content (AvgIpc) is 4.18. The van der Waals surface area contributed by atoms with Gasteiger partial charge in [-0.1, -0.05) is 201 Å². The van der Waals surface area contributed by atoms with E-state index in [-0.39, 0.29) is 16.2 Å². The Morgan fingerprint density at radius 2 is 0.897 bits per heavy atom. The van der Waals surface area contributed by atoms with Crippen LogP contribution in [0.2, 0.25) is 0 Å². The van der Waals surface area contributed by atoms with Crippen LogP contribution in [-0.4, -0.2) is 16.2 Å². The molecule has 0 atom stereocenters. The monoisotopic (exact) mass is 1020 g/mol. The molecule has 0 N–H and O–H groups in total. The van der Waals surface area contributed by atoms with Crippen LogP contribution in [0, 0.1) is 0 Å². The van der Waals surface area contributed by atoms with Crippen molar-refractivity contribution in [2.24, 2.45) is 0 Å². The molecular formula is C73H69N5. The van der Waals surface area contributed by atoms with Gasteiger partial charge in [0.1, 0.15) is 12.5 Å². The zero-order valence-electron chi connectivity index (χ0n) is 46.5. The third kappa shape index (κ3) is 8.91. The van der Waals surface area contributed by atoms with Crippen molar-refractivity contribution in [1.82, 2.24) is 9.55 Å². The first kappa shape index (κ1) is 50.2. The standard InChI is InChI=1S/C73H69N5/c1-70(2,3)56-43-57(71(4,5)6)45-62(44-56)76-50-75(66-35-22-23-36-67(66)76)59-33-24-34-60(48-59)77(58-31-20-13-21-32-58)61-38-39-63-64-46-54(72(7,8)51-25-14-10-15-26-51)37-40-65(64)78(68(63)49-61)69-47-55(41-42-74-69)73(9,52-27-16-11-17-28-52)53-29-18-12-19-30-53/h10-49H,50H2,1-9H3. The van der Waals surface area contributed by atoms with E-state index in [1.165, 1.54) is 66.8 Å². The van der Waals surface area contributed by atoms with Crippen LogP contribution < -0.4 is 14.7 Å². The van der Waals surface area contributed by atoms with E-state index in [9.17, 15) is 0 Å². The van der Waals surface area contributed by atoms with Gasteiger partial charge < -0.3 is 14.7 Å². The number of hydrogen-bond acceptors (Lipinski definition) is 4. The Bertz CT molecular complexity index is 3880. The molecule has 2 aromatic heterocycles. The smallest absolute Gasteiger partial charge is 0.137 e. The Labute approximate surface area is 461 Å². The molecule has 0 radical (unpaired) electrons. The molecule has 0 aliphatic carbocycles. The zero-order chi connectivity index (χ0) is 54.0. The maximum absolute atomic E-state index is 5.27. The van der Waals surface area contributed by atoms with E-state index in [0.29, 0.717) is 6.67 Å². The van der Waals surface area contributed by atoms with Crippen molar-refractivity contribution in [2.75, 3.05) is 21.4 Å². The summed E-state index contributed by atoms with van der Waals surface area (Å²) >= 11 is 0. The fourth-order valence-electron chi connectivity index (χ4n) is 11.8. The van der Waals surface area contributed by atoms with Gasteiger partial charge in [0.25, 0.3) is 0 Å². The molecule has 3 heterocycles. The van der Waals surface area contributed by atoms with E-state index < -0.39 is 5.41 Å². The van der Waals surface area contributed by atoms with Gasteiger partial charge in [0, 0.05) is 56.2 Å². The molecule has 5 nitrogen and oxygen atoms in total. The summed E-state index contributed by atoms with van der Waals surface area (Å²) in [6.07, 6.45) is 1.99. The second-order valence-corrected chi connectivity index (χ2v) is 24.0. The van der Waals surface area contributed by atoms with Gasteiger partial charge in [-0.25, -0.2) is 4.98 Å². The quantitative estimate of drug-likeness (QED) is 0.129. The molecule has 0 saturated heterocycles. The highest BCUT2D eigenvalue weighted by Crippen LogP contribution is 2.48. The third-order valence-electron chi connectivity index (χ3n) is 16.6. The SMILES string of the molecule is CC(C)(C)c1cc(N2CN(c3cccc(N(c4ccccc4)c4ccc5c6cc(C(C)(C)c7ccccc7)ccc6n(-c6cc(C(C)(c7ccccc7)c7ccccc7)ccn6)c5c4)c3)c3ccccc32)cc(C(C)(C)C)c1. The van der Waals surface area contributed by atoms with Crippen LogP contribution in [-0.2, 0) is 21.7 Å². The topological polar surface area (TPSA) is 27.5 Å². The van der Waals surface area contributed by atoms with E-state index in [2.05, 4.69) is 318 Å². The van der Waals surface area contributed by atoms with Crippen molar-refractivity contribution in [3.8, 4) is 5.82 Å². The number of hydrogen-bond donors (Lipinski definition) is 0. The van der Waals surface area contributed by atoms with Crippen LogP contribution in [0.3, 0.4) is 0 Å². The number of anilines is 7. The second kappa shape index (κ2) is 19.4. The summed E-state index contributed by atoms with van der Waals surface area (Å²) in [6, 6.07) is 87.1. The van der Waals surface area contributed by atoms with Crippen LogP contribution in [0.4, 0.5) is 39.8 Å². The highest BCUT2D eigenvalue weighted by Gasteiger charge is 2.34. The lowest BCUT2D eigenvalue weighted by molar-refractivity contribution is 0.568. The van der Waals surface area contributed by atoms with E-state index in [1.807, 2.05) is 6.20 Å². The lowest BCUT2D eigenvalue weighted by Gasteiger charge is -2.32. The predicted molar refractivity (Wildman–Crippen MR) is 330 cm³/mol. The minimum atomic E-state index is -0.454. The van der Waals surface area contributed by atoms with Crippen molar-refractivity contribution in [1.29, 1.82) is 0 Å². The van der Waals surface area contributed by atoms with Crippen molar-refractivity contribution in [3.05, 3.63) is 282 Å². The Hall–Kier alpha value is -8.67.